The first-order valence-corrected chi connectivity index (χ1v) is 9.20. The molecule has 4 rings (SSSR count). The average Bonchev–Trinajstić information content (AvgIpc) is 3.07. The van der Waals surface area contributed by atoms with E-state index < -0.39 is 0 Å². The predicted octanol–water partition coefficient (Wildman–Crippen LogP) is 6.25. The third kappa shape index (κ3) is 3.03. The van der Waals surface area contributed by atoms with E-state index in [9.17, 15) is 4.39 Å². The molecule has 0 aliphatic heterocycles. The van der Waals surface area contributed by atoms with Crippen molar-refractivity contribution >= 4 is 26.8 Å². The van der Waals surface area contributed by atoms with Gasteiger partial charge in [-0.05, 0) is 72.2 Å². The second-order valence-electron chi connectivity index (χ2n) is 6.51. The number of imidazole rings is 1. The van der Waals surface area contributed by atoms with Crippen LogP contribution in [0.15, 0.2) is 65.5 Å². The van der Waals surface area contributed by atoms with Gasteiger partial charge in [0.25, 0.3) is 0 Å². The number of rotatable bonds is 3. The lowest BCUT2D eigenvalue weighted by atomic mass is 10.0. The summed E-state index contributed by atoms with van der Waals surface area (Å²) in [6.07, 6.45) is 3.65. The van der Waals surface area contributed by atoms with Gasteiger partial charge in [-0.25, -0.2) is 9.37 Å². The molecule has 0 radical (unpaired) electrons. The molecule has 0 fully saturated rings. The molecule has 3 nitrogen and oxygen atoms in total. The van der Waals surface area contributed by atoms with Gasteiger partial charge in [-0.2, -0.15) is 0 Å². The Balaban J connectivity index is 1.94. The minimum Gasteiger partial charge on any atom is -0.328 e. The van der Waals surface area contributed by atoms with Crippen LogP contribution in [0.1, 0.15) is 19.9 Å². The summed E-state index contributed by atoms with van der Waals surface area (Å²) in [5.74, 6) is -0.250. The van der Waals surface area contributed by atoms with Crippen LogP contribution in [0.25, 0.3) is 33.4 Å². The second-order valence-corrected chi connectivity index (χ2v) is 7.43. The molecule has 0 bridgehead atoms. The van der Waals surface area contributed by atoms with E-state index >= 15 is 0 Å². The zero-order valence-corrected chi connectivity index (χ0v) is 16.0. The zero-order valence-electron chi connectivity index (χ0n) is 14.4. The monoisotopic (exact) mass is 409 g/mol. The van der Waals surface area contributed by atoms with Crippen molar-refractivity contribution in [3.05, 3.63) is 71.3 Å². The number of halogens is 2. The van der Waals surface area contributed by atoms with Crippen LogP contribution in [0, 0.1) is 5.82 Å². The van der Waals surface area contributed by atoms with E-state index in [1.54, 1.807) is 18.3 Å². The van der Waals surface area contributed by atoms with E-state index in [0.717, 1.165) is 37.9 Å². The van der Waals surface area contributed by atoms with E-state index in [1.165, 1.54) is 12.1 Å². The number of hydrogen-bond donors (Lipinski definition) is 0. The van der Waals surface area contributed by atoms with Crippen molar-refractivity contribution in [2.24, 2.45) is 0 Å². The summed E-state index contributed by atoms with van der Waals surface area (Å²) >= 11 is 3.49. The number of benzene rings is 2. The molecule has 0 aliphatic carbocycles. The molecule has 2 aromatic carbocycles. The van der Waals surface area contributed by atoms with Gasteiger partial charge >= 0.3 is 0 Å². The highest BCUT2D eigenvalue weighted by Crippen LogP contribution is 2.34. The first-order valence-electron chi connectivity index (χ1n) is 8.41. The SMILES string of the molecule is CC(C)n1cnc(-c2ccc(F)cc2)c1-c1ccc2ncc(Br)cc2c1. The van der Waals surface area contributed by atoms with Crippen molar-refractivity contribution in [1.29, 1.82) is 0 Å². The molecule has 0 saturated carbocycles. The molecule has 26 heavy (non-hydrogen) atoms. The topological polar surface area (TPSA) is 30.7 Å². The molecule has 0 unspecified atom stereocenters. The Bertz CT molecular complexity index is 1080. The number of fused-ring (bicyclic) bond motifs is 1. The lowest BCUT2D eigenvalue weighted by Crippen LogP contribution is -2.01. The van der Waals surface area contributed by atoms with Crippen molar-refractivity contribution in [2.75, 3.05) is 0 Å². The smallest absolute Gasteiger partial charge is 0.123 e. The van der Waals surface area contributed by atoms with Gasteiger partial charge in [-0.3, -0.25) is 4.98 Å². The Hall–Kier alpha value is -2.53. The van der Waals surface area contributed by atoms with E-state index in [0.29, 0.717) is 0 Å². The van der Waals surface area contributed by atoms with Gasteiger partial charge in [0.2, 0.25) is 0 Å². The van der Waals surface area contributed by atoms with Gasteiger partial charge in [0, 0.05) is 33.2 Å². The predicted molar refractivity (Wildman–Crippen MR) is 106 cm³/mol. The molecule has 0 amide bonds. The zero-order chi connectivity index (χ0) is 18.3. The maximum absolute atomic E-state index is 13.3. The minimum absolute atomic E-state index is 0.250. The average molecular weight is 410 g/mol. The number of hydrogen-bond acceptors (Lipinski definition) is 2. The van der Waals surface area contributed by atoms with Crippen LogP contribution in [0.3, 0.4) is 0 Å². The fourth-order valence-corrected chi connectivity index (χ4v) is 3.46. The van der Waals surface area contributed by atoms with Gasteiger partial charge in [-0.15, -0.1) is 0 Å². The van der Waals surface area contributed by atoms with Crippen LogP contribution in [0.4, 0.5) is 4.39 Å². The van der Waals surface area contributed by atoms with Crippen molar-refractivity contribution in [3.63, 3.8) is 0 Å². The van der Waals surface area contributed by atoms with Crippen LogP contribution in [0.5, 0.6) is 0 Å². The van der Waals surface area contributed by atoms with Gasteiger partial charge in [-0.1, -0.05) is 6.07 Å². The van der Waals surface area contributed by atoms with Gasteiger partial charge in [0.1, 0.15) is 5.82 Å². The summed E-state index contributed by atoms with van der Waals surface area (Å²) in [6.45, 7) is 4.25. The highest BCUT2D eigenvalue weighted by Gasteiger charge is 2.17. The van der Waals surface area contributed by atoms with Crippen LogP contribution < -0.4 is 0 Å². The number of nitrogens with zero attached hydrogens (tertiary/aromatic N) is 3. The van der Waals surface area contributed by atoms with Crippen LogP contribution in [-0.4, -0.2) is 14.5 Å². The first-order chi connectivity index (χ1) is 12.5. The maximum Gasteiger partial charge on any atom is 0.123 e. The third-order valence-corrected chi connectivity index (χ3v) is 4.82. The molecule has 2 heterocycles. The summed E-state index contributed by atoms with van der Waals surface area (Å²) < 4.78 is 16.4. The summed E-state index contributed by atoms with van der Waals surface area (Å²) in [7, 11) is 0. The van der Waals surface area contributed by atoms with Gasteiger partial charge < -0.3 is 4.57 Å². The largest absolute Gasteiger partial charge is 0.328 e. The highest BCUT2D eigenvalue weighted by atomic mass is 79.9. The number of aromatic nitrogens is 3. The van der Waals surface area contributed by atoms with Crippen molar-refractivity contribution < 1.29 is 4.39 Å². The third-order valence-electron chi connectivity index (χ3n) is 4.39. The van der Waals surface area contributed by atoms with Crippen LogP contribution >= 0.6 is 15.9 Å². The quantitative estimate of drug-likeness (QED) is 0.400. The van der Waals surface area contributed by atoms with Crippen LogP contribution in [-0.2, 0) is 0 Å². The van der Waals surface area contributed by atoms with E-state index in [4.69, 9.17) is 0 Å². The molecule has 2 aromatic heterocycles. The van der Waals surface area contributed by atoms with Crippen molar-refractivity contribution in [2.45, 2.75) is 19.9 Å². The molecule has 0 spiro atoms. The summed E-state index contributed by atoms with van der Waals surface area (Å²) in [5, 5.41) is 1.05. The second kappa shape index (κ2) is 6.65. The van der Waals surface area contributed by atoms with E-state index in [1.807, 2.05) is 12.4 Å². The Morgan fingerprint density at radius 3 is 2.42 bits per heavy atom. The molecule has 0 saturated heterocycles. The Morgan fingerprint density at radius 1 is 0.962 bits per heavy atom. The molecule has 0 atom stereocenters. The summed E-state index contributed by atoms with van der Waals surface area (Å²) in [5.41, 5.74) is 4.77. The molecule has 5 heteroatoms. The Kier molecular flexibility index (Phi) is 4.32. The van der Waals surface area contributed by atoms with Gasteiger partial charge in [0.15, 0.2) is 0 Å². The Morgan fingerprint density at radius 2 is 1.69 bits per heavy atom. The molecular formula is C21H17BrFN3. The molecule has 0 aliphatic rings. The summed E-state index contributed by atoms with van der Waals surface area (Å²) in [6, 6.07) is 15.0. The molecule has 0 N–H and O–H groups in total. The lowest BCUT2D eigenvalue weighted by Gasteiger charge is -2.14. The van der Waals surface area contributed by atoms with Crippen LogP contribution in [0.2, 0.25) is 0 Å². The molecule has 130 valence electrons. The number of pyridine rings is 1. The van der Waals surface area contributed by atoms with E-state index in [-0.39, 0.29) is 11.9 Å². The Labute approximate surface area is 159 Å². The fraction of sp³-hybridized carbons (Fsp3) is 0.143. The highest BCUT2D eigenvalue weighted by molar-refractivity contribution is 9.10. The van der Waals surface area contributed by atoms with Gasteiger partial charge in [0.05, 0.1) is 23.2 Å². The standard InChI is InChI=1S/C21H17BrFN3/c1-13(2)26-12-25-20(14-3-6-18(23)7-4-14)21(26)15-5-8-19-16(9-15)10-17(22)11-24-19/h3-13H,1-2H3. The maximum atomic E-state index is 13.3. The lowest BCUT2D eigenvalue weighted by molar-refractivity contribution is 0.605. The van der Waals surface area contributed by atoms with Crippen molar-refractivity contribution in [1.82, 2.24) is 14.5 Å². The minimum atomic E-state index is -0.250. The normalized spacial score (nSPS) is 11.4. The molecule has 4 aromatic rings. The van der Waals surface area contributed by atoms with E-state index in [2.05, 4.69) is 62.5 Å². The summed E-state index contributed by atoms with van der Waals surface area (Å²) in [4.78, 5) is 9.07. The van der Waals surface area contributed by atoms with Crippen molar-refractivity contribution in [3.8, 4) is 22.5 Å². The first kappa shape index (κ1) is 16.9. The molecular weight excluding hydrogens is 393 g/mol. The fourth-order valence-electron chi connectivity index (χ4n) is 3.11.